The van der Waals surface area contributed by atoms with Gasteiger partial charge < -0.3 is 9.64 Å². The number of hydrogen-bond donors (Lipinski definition) is 0. The number of methoxy groups -OCH3 is 1. The Hall–Kier alpha value is -2.97. The van der Waals surface area contributed by atoms with Crippen molar-refractivity contribution >= 4 is 5.57 Å². The van der Waals surface area contributed by atoms with E-state index >= 15 is 0 Å². The minimum atomic E-state index is -4.91. The van der Waals surface area contributed by atoms with Crippen LogP contribution in [0.4, 0.5) is 30.7 Å². The molecule has 43 heavy (non-hydrogen) atoms. The SMILES string of the molecule is C=C1CC(c2cc(C(F)(F)F)cc(C(F)(F)F)c2)C(C)N1CC1=C(c2cc(CC(C)C)c(F)cc2OC)CCC(C)(C)C1. The zero-order valence-electron chi connectivity index (χ0n) is 25.6. The third kappa shape index (κ3) is 7.23. The molecule has 0 radical (unpaired) electrons. The average molecular weight is 612 g/mol. The van der Waals surface area contributed by atoms with E-state index in [1.807, 2.05) is 31.7 Å². The van der Waals surface area contributed by atoms with Crippen molar-refractivity contribution in [2.75, 3.05) is 13.7 Å². The summed E-state index contributed by atoms with van der Waals surface area (Å²) in [5.41, 5.74) is 1.56. The number of ether oxygens (including phenoxy) is 1. The highest BCUT2D eigenvalue weighted by Gasteiger charge is 2.41. The van der Waals surface area contributed by atoms with Crippen LogP contribution in [0.25, 0.3) is 5.57 Å². The lowest BCUT2D eigenvalue weighted by Gasteiger charge is -2.37. The topological polar surface area (TPSA) is 12.5 Å². The van der Waals surface area contributed by atoms with Gasteiger partial charge in [0.15, 0.2) is 0 Å². The Morgan fingerprint density at radius 1 is 1.00 bits per heavy atom. The third-order valence-electron chi connectivity index (χ3n) is 8.83. The molecule has 0 spiro atoms. The molecule has 2 atom stereocenters. The van der Waals surface area contributed by atoms with Crippen LogP contribution in [-0.2, 0) is 18.8 Å². The van der Waals surface area contributed by atoms with Crippen molar-refractivity contribution in [3.63, 3.8) is 0 Å². The molecule has 9 heteroatoms. The molecule has 1 fully saturated rings. The molecule has 0 amide bonds. The maximum atomic E-state index is 14.9. The van der Waals surface area contributed by atoms with Gasteiger partial charge in [0, 0.05) is 35.8 Å². The van der Waals surface area contributed by atoms with Gasteiger partial charge in [0.2, 0.25) is 0 Å². The van der Waals surface area contributed by atoms with E-state index in [0.29, 0.717) is 30.0 Å². The second-order valence-corrected chi connectivity index (χ2v) is 13.2. The first kappa shape index (κ1) is 32.9. The second kappa shape index (κ2) is 11.8. The number of likely N-dealkylation sites (tertiary alicyclic amines) is 1. The Morgan fingerprint density at radius 2 is 1.60 bits per heavy atom. The fourth-order valence-electron chi connectivity index (χ4n) is 6.59. The molecule has 4 rings (SSSR count). The van der Waals surface area contributed by atoms with Crippen LogP contribution < -0.4 is 4.74 Å². The Labute approximate surface area is 249 Å². The lowest BCUT2D eigenvalue weighted by molar-refractivity contribution is -0.143. The van der Waals surface area contributed by atoms with Crippen LogP contribution in [-0.4, -0.2) is 24.6 Å². The maximum absolute atomic E-state index is 14.9. The van der Waals surface area contributed by atoms with E-state index in [-0.39, 0.29) is 35.2 Å². The fraction of sp³-hybridized carbons (Fsp3) is 0.529. The van der Waals surface area contributed by atoms with E-state index in [4.69, 9.17) is 4.74 Å². The summed E-state index contributed by atoms with van der Waals surface area (Å²) in [5.74, 6) is -0.244. The zero-order valence-corrected chi connectivity index (χ0v) is 25.6. The summed E-state index contributed by atoms with van der Waals surface area (Å²) in [5, 5.41) is 0. The quantitative estimate of drug-likeness (QED) is 0.289. The van der Waals surface area contributed by atoms with Gasteiger partial charge in [-0.1, -0.05) is 34.3 Å². The van der Waals surface area contributed by atoms with Crippen LogP contribution in [0.15, 0.2) is 48.2 Å². The highest BCUT2D eigenvalue weighted by Crippen LogP contribution is 2.48. The number of allylic oxidation sites excluding steroid dienone is 2. The van der Waals surface area contributed by atoms with Crippen LogP contribution in [0.5, 0.6) is 5.75 Å². The Morgan fingerprint density at radius 3 is 2.14 bits per heavy atom. The lowest BCUT2D eigenvalue weighted by Crippen LogP contribution is -2.33. The first-order valence-corrected chi connectivity index (χ1v) is 14.6. The molecule has 2 nitrogen and oxygen atoms in total. The van der Waals surface area contributed by atoms with Crippen molar-refractivity contribution in [1.29, 1.82) is 0 Å². The molecule has 1 saturated heterocycles. The van der Waals surface area contributed by atoms with Gasteiger partial charge in [-0.05, 0) is 96.9 Å². The lowest BCUT2D eigenvalue weighted by atomic mass is 9.72. The van der Waals surface area contributed by atoms with Crippen LogP contribution in [0, 0.1) is 17.2 Å². The first-order valence-electron chi connectivity index (χ1n) is 14.6. The van der Waals surface area contributed by atoms with Crippen molar-refractivity contribution in [3.8, 4) is 5.75 Å². The predicted octanol–water partition coefficient (Wildman–Crippen LogP) is 10.4. The number of nitrogens with zero attached hydrogens (tertiary/aromatic N) is 1. The molecular formula is C34H40F7NO. The summed E-state index contributed by atoms with van der Waals surface area (Å²) in [7, 11) is 1.51. The molecule has 0 aromatic heterocycles. The summed E-state index contributed by atoms with van der Waals surface area (Å²) in [6.07, 6.45) is -6.66. The van der Waals surface area contributed by atoms with E-state index < -0.39 is 35.4 Å². The van der Waals surface area contributed by atoms with E-state index in [1.165, 1.54) is 13.2 Å². The van der Waals surface area contributed by atoms with Gasteiger partial charge in [0.05, 0.1) is 18.2 Å². The molecule has 0 bridgehead atoms. The van der Waals surface area contributed by atoms with Crippen LogP contribution in [0.3, 0.4) is 0 Å². The smallest absolute Gasteiger partial charge is 0.416 e. The molecular weight excluding hydrogens is 571 g/mol. The molecule has 0 saturated carbocycles. The van der Waals surface area contributed by atoms with Gasteiger partial charge >= 0.3 is 12.4 Å². The van der Waals surface area contributed by atoms with E-state index in [9.17, 15) is 30.7 Å². The summed E-state index contributed by atoms with van der Waals surface area (Å²) >= 11 is 0. The summed E-state index contributed by atoms with van der Waals surface area (Å²) < 4.78 is 102. The number of benzene rings is 2. The molecule has 0 N–H and O–H groups in total. The van der Waals surface area contributed by atoms with E-state index in [1.54, 1.807) is 0 Å². The molecule has 1 aliphatic carbocycles. The summed E-state index contributed by atoms with van der Waals surface area (Å²) in [6, 6.07) is 4.73. The number of alkyl halides is 6. The zero-order chi connectivity index (χ0) is 32.1. The van der Waals surface area contributed by atoms with Gasteiger partial charge in [-0.3, -0.25) is 0 Å². The second-order valence-electron chi connectivity index (χ2n) is 13.2. The minimum Gasteiger partial charge on any atom is -0.496 e. The van der Waals surface area contributed by atoms with Crippen LogP contribution in [0.2, 0.25) is 0 Å². The van der Waals surface area contributed by atoms with Gasteiger partial charge in [0.25, 0.3) is 0 Å². The maximum Gasteiger partial charge on any atom is 0.416 e. The van der Waals surface area contributed by atoms with E-state index in [0.717, 1.165) is 48.1 Å². The molecule has 2 unspecified atom stereocenters. The molecule has 1 heterocycles. The highest BCUT2D eigenvalue weighted by atomic mass is 19.4. The van der Waals surface area contributed by atoms with Crippen LogP contribution in [0.1, 0.15) is 94.0 Å². The van der Waals surface area contributed by atoms with Crippen molar-refractivity contribution in [3.05, 3.63) is 81.8 Å². The number of hydrogen-bond acceptors (Lipinski definition) is 2. The predicted molar refractivity (Wildman–Crippen MR) is 155 cm³/mol. The normalized spacial score (nSPS) is 21.3. The Bertz CT molecular complexity index is 1370. The standard InChI is InChI=1S/C34H40F7NO/c1-19(2)10-23-14-29(31(43-7)16-30(23)35)27-8-9-32(5,6)17-24(27)18-42-20(3)11-28(21(42)4)22-12-25(33(36,37)38)15-26(13-22)34(39,40)41/h12-16,19,21,28H,3,8-11,17-18H2,1-2,4-7H3. The van der Waals surface area contributed by atoms with Crippen molar-refractivity contribution in [2.24, 2.45) is 11.3 Å². The highest BCUT2D eigenvalue weighted by molar-refractivity contribution is 5.75. The van der Waals surface area contributed by atoms with Gasteiger partial charge in [-0.15, -0.1) is 0 Å². The number of halogens is 7. The van der Waals surface area contributed by atoms with Crippen molar-refractivity contribution < 1.29 is 35.5 Å². The van der Waals surface area contributed by atoms with Gasteiger partial charge in [0.1, 0.15) is 11.6 Å². The van der Waals surface area contributed by atoms with Crippen LogP contribution >= 0.6 is 0 Å². The Balaban J connectivity index is 1.76. The van der Waals surface area contributed by atoms with Gasteiger partial charge in [-0.25, -0.2) is 4.39 Å². The van der Waals surface area contributed by atoms with Gasteiger partial charge in [-0.2, -0.15) is 26.3 Å². The van der Waals surface area contributed by atoms with E-state index in [2.05, 4.69) is 20.4 Å². The molecule has 2 aliphatic rings. The number of rotatable bonds is 7. The van der Waals surface area contributed by atoms with Crippen molar-refractivity contribution in [1.82, 2.24) is 4.90 Å². The monoisotopic (exact) mass is 611 g/mol. The first-order chi connectivity index (χ1) is 19.8. The third-order valence-corrected chi connectivity index (χ3v) is 8.83. The fourth-order valence-corrected chi connectivity index (χ4v) is 6.59. The Kier molecular flexibility index (Phi) is 9.07. The molecule has 1 aliphatic heterocycles. The van der Waals surface area contributed by atoms with Crippen molar-refractivity contribution in [2.45, 2.75) is 91.0 Å². The molecule has 2 aromatic rings. The summed E-state index contributed by atoms with van der Waals surface area (Å²) in [6.45, 7) is 14.8. The minimum absolute atomic E-state index is 0.00462. The largest absolute Gasteiger partial charge is 0.496 e. The molecule has 2 aromatic carbocycles. The average Bonchev–Trinajstić information content (AvgIpc) is 3.16. The molecule has 236 valence electrons. The summed E-state index contributed by atoms with van der Waals surface area (Å²) in [4.78, 5) is 2.00.